The maximum absolute atomic E-state index is 12.2. The van der Waals surface area contributed by atoms with Crippen molar-refractivity contribution in [2.45, 2.75) is 19.9 Å². The molecule has 0 aliphatic rings. The summed E-state index contributed by atoms with van der Waals surface area (Å²) >= 11 is 0. The van der Waals surface area contributed by atoms with Gasteiger partial charge in [0.2, 0.25) is 0 Å². The van der Waals surface area contributed by atoms with Crippen molar-refractivity contribution in [2.75, 3.05) is 5.32 Å². The SMILES string of the molecule is CC(C)n1cc(NC(=O)c2ccc(-n3cnnn3)cc2)cn1. The lowest BCUT2D eigenvalue weighted by Gasteiger charge is -2.05. The normalized spacial score (nSPS) is 10.9. The zero-order chi connectivity index (χ0) is 15.5. The van der Waals surface area contributed by atoms with Crippen molar-refractivity contribution in [3.05, 3.63) is 48.5 Å². The summed E-state index contributed by atoms with van der Waals surface area (Å²) in [4.78, 5) is 12.2. The first kappa shape index (κ1) is 13.9. The number of nitrogens with one attached hydrogen (secondary N) is 1. The van der Waals surface area contributed by atoms with E-state index in [0.29, 0.717) is 11.3 Å². The van der Waals surface area contributed by atoms with E-state index in [1.165, 1.54) is 11.0 Å². The molecular formula is C14H15N7O. The first-order valence-electron chi connectivity index (χ1n) is 6.82. The van der Waals surface area contributed by atoms with Gasteiger partial charge in [-0.1, -0.05) is 0 Å². The molecule has 112 valence electrons. The quantitative estimate of drug-likeness (QED) is 0.791. The molecule has 8 heteroatoms. The van der Waals surface area contributed by atoms with E-state index < -0.39 is 0 Å². The Morgan fingerprint density at radius 2 is 2.00 bits per heavy atom. The average Bonchev–Trinajstić information content (AvgIpc) is 3.19. The van der Waals surface area contributed by atoms with Crippen LogP contribution in [0.25, 0.3) is 5.69 Å². The topological polar surface area (TPSA) is 90.5 Å². The molecule has 3 aromatic rings. The monoisotopic (exact) mass is 297 g/mol. The molecule has 2 heterocycles. The second-order valence-electron chi connectivity index (χ2n) is 5.06. The maximum atomic E-state index is 12.2. The van der Waals surface area contributed by atoms with Gasteiger partial charge in [0, 0.05) is 17.8 Å². The molecule has 0 fully saturated rings. The average molecular weight is 297 g/mol. The summed E-state index contributed by atoms with van der Waals surface area (Å²) in [7, 11) is 0. The molecule has 2 aromatic heterocycles. The molecule has 0 bridgehead atoms. The standard InChI is InChI=1S/C14H15N7O/c1-10(2)20-8-12(7-16-20)17-14(22)11-3-5-13(6-4-11)21-9-15-18-19-21/h3-10H,1-2H3,(H,17,22). The fraction of sp³-hybridized carbons (Fsp3) is 0.214. The zero-order valence-electron chi connectivity index (χ0n) is 12.2. The summed E-state index contributed by atoms with van der Waals surface area (Å²) in [5.41, 5.74) is 2.01. The molecule has 0 aliphatic heterocycles. The van der Waals surface area contributed by atoms with E-state index in [9.17, 15) is 4.79 Å². The summed E-state index contributed by atoms with van der Waals surface area (Å²) in [6, 6.07) is 7.26. The molecule has 1 aromatic carbocycles. The number of anilines is 1. The van der Waals surface area contributed by atoms with Crippen molar-refractivity contribution in [1.82, 2.24) is 30.0 Å². The van der Waals surface area contributed by atoms with Crippen LogP contribution in [0.5, 0.6) is 0 Å². The Hall–Kier alpha value is -3.03. The largest absolute Gasteiger partial charge is 0.319 e. The Bertz CT molecular complexity index is 759. The van der Waals surface area contributed by atoms with Gasteiger partial charge in [0.1, 0.15) is 6.33 Å². The minimum atomic E-state index is -0.188. The number of rotatable bonds is 4. The third kappa shape index (κ3) is 2.85. The van der Waals surface area contributed by atoms with Gasteiger partial charge >= 0.3 is 0 Å². The summed E-state index contributed by atoms with van der Waals surface area (Å²) in [6.07, 6.45) is 4.93. The lowest BCUT2D eigenvalue weighted by Crippen LogP contribution is -2.11. The Kier molecular flexibility index (Phi) is 3.65. The Balaban J connectivity index is 1.72. The number of carbonyl (C=O) groups is 1. The van der Waals surface area contributed by atoms with Crippen molar-refractivity contribution in [2.24, 2.45) is 0 Å². The summed E-state index contributed by atoms with van der Waals surface area (Å²) < 4.78 is 3.31. The van der Waals surface area contributed by atoms with Crippen molar-refractivity contribution in [1.29, 1.82) is 0 Å². The van der Waals surface area contributed by atoms with Crippen LogP contribution in [0.15, 0.2) is 43.0 Å². The van der Waals surface area contributed by atoms with Crippen LogP contribution in [0.2, 0.25) is 0 Å². The van der Waals surface area contributed by atoms with E-state index in [1.807, 2.05) is 13.8 Å². The fourth-order valence-corrected chi connectivity index (χ4v) is 1.93. The van der Waals surface area contributed by atoms with Gasteiger partial charge in [-0.2, -0.15) is 5.10 Å². The third-order valence-electron chi connectivity index (χ3n) is 3.13. The first-order chi connectivity index (χ1) is 10.6. The van der Waals surface area contributed by atoms with Crippen molar-refractivity contribution < 1.29 is 4.79 Å². The van der Waals surface area contributed by atoms with Crippen molar-refractivity contribution in [3.8, 4) is 5.69 Å². The Morgan fingerprint density at radius 1 is 1.23 bits per heavy atom. The van der Waals surface area contributed by atoms with Crippen molar-refractivity contribution in [3.63, 3.8) is 0 Å². The van der Waals surface area contributed by atoms with Crippen LogP contribution >= 0.6 is 0 Å². The minimum absolute atomic E-state index is 0.188. The highest BCUT2D eigenvalue weighted by Crippen LogP contribution is 2.13. The number of benzene rings is 1. The van der Waals surface area contributed by atoms with Gasteiger partial charge in [0.25, 0.3) is 5.91 Å². The van der Waals surface area contributed by atoms with Crippen LogP contribution in [0.1, 0.15) is 30.2 Å². The maximum Gasteiger partial charge on any atom is 0.255 e. The molecule has 0 spiro atoms. The molecule has 0 saturated carbocycles. The smallest absolute Gasteiger partial charge is 0.255 e. The molecule has 1 amide bonds. The number of tetrazole rings is 1. The molecule has 0 aliphatic carbocycles. The molecule has 0 atom stereocenters. The number of nitrogens with zero attached hydrogens (tertiary/aromatic N) is 6. The number of aromatic nitrogens is 6. The van der Waals surface area contributed by atoms with Gasteiger partial charge < -0.3 is 5.32 Å². The van der Waals surface area contributed by atoms with Gasteiger partial charge in [-0.05, 0) is 48.5 Å². The van der Waals surface area contributed by atoms with E-state index in [-0.39, 0.29) is 11.9 Å². The van der Waals surface area contributed by atoms with Crippen LogP contribution in [0.3, 0.4) is 0 Å². The lowest BCUT2D eigenvalue weighted by molar-refractivity contribution is 0.102. The highest BCUT2D eigenvalue weighted by atomic mass is 16.1. The number of amides is 1. The van der Waals surface area contributed by atoms with Crippen LogP contribution < -0.4 is 5.32 Å². The minimum Gasteiger partial charge on any atom is -0.319 e. The lowest BCUT2D eigenvalue weighted by atomic mass is 10.2. The van der Waals surface area contributed by atoms with E-state index in [1.54, 1.807) is 41.3 Å². The number of hydrogen-bond acceptors (Lipinski definition) is 5. The molecular weight excluding hydrogens is 282 g/mol. The van der Waals surface area contributed by atoms with E-state index >= 15 is 0 Å². The van der Waals surface area contributed by atoms with Gasteiger partial charge in [-0.3, -0.25) is 9.48 Å². The van der Waals surface area contributed by atoms with Gasteiger partial charge in [0.05, 0.1) is 17.6 Å². The molecule has 8 nitrogen and oxygen atoms in total. The zero-order valence-corrected chi connectivity index (χ0v) is 12.2. The Labute approximate surface area is 126 Å². The van der Waals surface area contributed by atoms with Crippen LogP contribution in [0, 0.1) is 0 Å². The van der Waals surface area contributed by atoms with E-state index in [2.05, 4.69) is 25.9 Å². The van der Waals surface area contributed by atoms with E-state index in [0.717, 1.165) is 5.69 Å². The molecule has 0 saturated heterocycles. The summed E-state index contributed by atoms with van der Waals surface area (Å²) in [5, 5.41) is 17.9. The van der Waals surface area contributed by atoms with Crippen LogP contribution in [-0.2, 0) is 0 Å². The number of hydrogen-bond donors (Lipinski definition) is 1. The predicted molar refractivity (Wildman–Crippen MR) is 79.7 cm³/mol. The molecule has 0 unspecified atom stereocenters. The van der Waals surface area contributed by atoms with Crippen LogP contribution in [-0.4, -0.2) is 35.9 Å². The highest BCUT2D eigenvalue weighted by Gasteiger charge is 2.09. The van der Waals surface area contributed by atoms with Crippen LogP contribution in [0.4, 0.5) is 5.69 Å². The van der Waals surface area contributed by atoms with Crippen molar-refractivity contribution >= 4 is 11.6 Å². The highest BCUT2D eigenvalue weighted by molar-refractivity contribution is 6.04. The first-order valence-corrected chi connectivity index (χ1v) is 6.82. The second-order valence-corrected chi connectivity index (χ2v) is 5.06. The predicted octanol–water partition coefficient (Wildman–Crippen LogP) is 1.69. The van der Waals surface area contributed by atoms with E-state index in [4.69, 9.17) is 0 Å². The summed E-state index contributed by atoms with van der Waals surface area (Å²) in [6.45, 7) is 4.05. The Morgan fingerprint density at radius 3 is 2.59 bits per heavy atom. The number of carbonyl (C=O) groups excluding carboxylic acids is 1. The van der Waals surface area contributed by atoms with Gasteiger partial charge in [0.15, 0.2) is 0 Å². The fourth-order valence-electron chi connectivity index (χ4n) is 1.93. The molecule has 0 radical (unpaired) electrons. The molecule has 1 N–H and O–H groups in total. The summed E-state index contributed by atoms with van der Waals surface area (Å²) in [5.74, 6) is -0.188. The van der Waals surface area contributed by atoms with Gasteiger partial charge in [-0.15, -0.1) is 5.10 Å². The molecule has 22 heavy (non-hydrogen) atoms. The second kappa shape index (κ2) is 5.76. The third-order valence-corrected chi connectivity index (χ3v) is 3.13. The molecule has 3 rings (SSSR count). The van der Waals surface area contributed by atoms with Gasteiger partial charge in [-0.25, -0.2) is 4.68 Å².